The van der Waals surface area contributed by atoms with E-state index in [1.165, 1.54) is 7.11 Å². The Hall–Kier alpha value is -1.93. The molecule has 0 spiro atoms. The van der Waals surface area contributed by atoms with Crippen LogP contribution in [-0.2, 0) is 9.53 Å². The van der Waals surface area contributed by atoms with E-state index in [9.17, 15) is 14.9 Å². The van der Waals surface area contributed by atoms with Crippen LogP contribution in [0, 0.1) is 23.2 Å². The number of likely N-dealkylation sites (tertiary alicyclic amines) is 1. The predicted molar refractivity (Wildman–Crippen MR) is 128 cm³/mol. The minimum Gasteiger partial charge on any atom is -0.453 e. The first kappa shape index (κ1) is 22.7. The number of benzene rings is 1. The smallest absolute Gasteiger partial charge is 0.407 e. The molecule has 1 saturated heterocycles. The van der Waals surface area contributed by atoms with Crippen LogP contribution in [0.4, 0.5) is 4.79 Å². The molecule has 2 amide bonds. The number of hydrogen-bond donors (Lipinski definition) is 2. The number of hydrogen-bond acceptors (Lipinski definition) is 5. The fraction of sp³-hybridized carbons (Fsp3) is 0.429. The van der Waals surface area contributed by atoms with Crippen LogP contribution in [0.25, 0.3) is 5.70 Å². The van der Waals surface area contributed by atoms with Crippen molar-refractivity contribution in [2.24, 2.45) is 11.8 Å². The standard InChI is InChI=1S/C21H24BrIN4O3/c1-12(2)18(26-21(29)30-3)20(28)27-11-13(10-24)8-17(27)19-23-9-16(25-19)14-4-6-15(22)7-5-14/h4-7,9,12-13,17-18,25H,8,11H2,1-3H3,(H,26,29)/t13-,17+,18+/m1/s1. The molecule has 1 aromatic rings. The predicted octanol–water partition coefficient (Wildman–Crippen LogP) is 3.57. The summed E-state index contributed by atoms with van der Waals surface area (Å²) in [5.74, 6) is -0.500. The van der Waals surface area contributed by atoms with E-state index < -0.39 is 32.9 Å². The lowest BCUT2D eigenvalue weighted by atomic mass is 10.0. The highest BCUT2D eigenvalue weighted by molar-refractivity contribution is 14.2. The summed E-state index contributed by atoms with van der Waals surface area (Å²) in [6, 6.07) is 9.54. The number of ether oxygens (including phenoxy) is 1. The third-order valence-corrected chi connectivity index (χ3v) is 8.26. The Labute approximate surface area is 194 Å². The van der Waals surface area contributed by atoms with Crippen molar-refractivity contribution < 1.29 is 14.3 Å². The molecule has 0 radical (unpaired) electrons. The molecule has 3 rings (SSSR count). The Morgan fingerprint density at radius 1 is 1.37 bits per heavy atom. The molecule has 0 aromatic heterocycles. The van der Waals surface area contributed by atoms with Crippen molar-refractivity contribution in [1.82, 2.24) is 15.5 Å². The van der Waals surface area contributed by atoms with Crippen molar-refractivity contribution in [3.63, 3.8) is 0 Å². The van der Waals surface area contributed by atoms with Gasteiger partial charge in [-0.25, -0.2) is 4.79 Å². The Balaban J connectivity index is 1.78. The van der Waals surface area contributed by atoms with Gasteiger partial charge >= 0.3 is 6.09 Å². The summed E-state index contributed by atoms with van der Waals surface area (Å²) in [6.45, 7) is 4.13. The molecule has 0 unspecified atom stereocenters. The molecule has 0 saturated carbocycles. The number of nitrogens with one attached hydrogen (secondary N) is 2. The van der Waals surface area contributed by atoms with Crippen LogP contribution in [0.2, 0.25) is 0 Å². The molecule has 30 heavy (non-hydrogen) atoms. The zero-order valence-electron chi connectivity index (χ0n) is 17.0. The topological polar surface area (TPSA) is 94.5 Å². The fourth-order valence-electron chi connectivity index (χ4n) is 3.51. The lowest BCUT2D eigenvalue weighted by Crippen LogP contribution is -2.54. The van der Waals surface area contributed by atoms with Crippen LogP contribution in [-0.4, -0.2) is 46.3 Å². The minimum atomic E-state index is -0.698. The SMILES string of the molecule is COC(=O)N[C@H](C(=O)N1C[C@@H](C#N)C[C@H]1C1=IC=C(c2ccc(Br)cc2)N1)C(C)C. The van der Waals surface area contributed by atoms with Crippen LogP contribution in [0.5, 0.6) is 0 Å². The summed E-state index contributed by atoms with van der Waals surface area (Å²) in [7, 11) is 1.28. The van der Waals surface area contributed by atoms with E-state index in [-0.39, 0.29) is 23.8 Å². The van der Waals surface area contributed by atoms with Crippen molar-refractivity contribution in [1.29, 1.82) is 5.26 Å². The van der Waals surface area contributed by atoms with E-state index in [4.69, 9.17) is 0 Å². The summed E-state index contributed by atoms with van der Waals surface area (Å²) in [5, 5.41) is 15.7. The third kappa shape index (κ3) is 5.03. The number of amides is 2. The molecule has 0 bridgehead atoms. The van der Waals surface area contributed by atoms with E-state index in [1.54, 1.807) is 4.90 Å². The molecule has 2 heterocycles. The van der Waals surface area contributed by atoms with Gasteiger partial charge in [-0.05, 0) is 34.1 Å². The molecule has 160 valence electrons. The van der Waals surface area contributed by atoms with Crippen molar-refractivity contribution >= 4 is 58.0 Å². The molecule has 3 atom stereocenters. The van der Waals surface area contributed by atoms with Gasteiger partial charge in [0.2, 0.25) is 5.91 Å². The number of methoxy groups -OCH3 is 1. The number of carbonyl (C=O) groups is 2. The average molecular weight is 587 g/mol. The van der Waals surface area contributed by atoms with Gasteiger partial charge in [0, 0.05) is 11.0 Å². The van der Waals surface area contributed by atoms with Gasteiger partial charge in [-0.3, -0.25) is 4.79 Å². The number of alkyl carbamates (subject to hydrolysis) is 1. The van der Waals surface area contributed by atoms with Crippen LogP contribution >= 0.6 is 36.7 Å². The maximum absolute atomic E-state index is 13.4. The third-order valence-electron chi connectivity index (χ3n) is 5.14. The van der Waals surface area contributed by atoms with Crippen LogP contribution < -0.4 is 10.6 Å². The maximum atomic E-state index is 13.4. The zero-order valence-corrected chi connectivity index (χ0v) is 20.7. The zero-order chi connectivity index (χ0) is 21.8. The highest BCUT2D eigenvalue weighted by Gasteiger charge is 2.42. The van der Waals surface area contributed by atoms with Crippen molar-refractivity contribution in [3.8, 4) is 6.07 Å². The van der Waals surface area contributed by atoms with Crippen molar-refractivity contribution in [2.75, 3.05) is 13.7 Å². The molecular formula is C21H24BrIN4O3. The second-order valence-corrected chi connectivity index (χ2v) is 10.9. The van der Waals surface area contributed by atoms with Gasteiger partial charge in [0.05, 0.1) is 34.5 Å². The van der Waals surface area contributed by atoms with Gasteiger partial charge in [0.25, 0.3) is 0 Å². The largest absolute Gasteiger partial charge is 0.453 e. The van der Waals surface area contributed by atoms with Gasteiger partial charge in [-0.15, -0.1) is 0 Å². The van der Waals surface area contributed by atoms with Crippen LogP contribution in [0.15, 0.2) is 32.8 Å². The molecule has 2 N–H and O–H groups in total. The Morgan fingerprint density at radius 3 is 2.67 bits per heavy atom. The molecule has 0 aliphatic carbocycles. The number of rotatable bonds is 5. The number of nitrogens with zero attached hydrogens (tertiary/aromatic N) is 2. The lowest BCUT2D eigenvalue weighted by Gasteiger charge is -2.31. The quantitative estimate of drug-likeness (QED) is 0.515. The molecular weight excluding hydrogens is 563 g/mol. The molecule has 2 aliphatic heterocycles. The first-order chi connectivity index (χ1) is 14.3. The number of nitriles is 1. The van der Waals surface area contributed by atoms with E-state index in [0.717, 1.165) is 19.4 Å². The minimum absolute atomic E-state index is 0.105. The highest BCUT2D eigenvalue weighted by Crippen LogP contribution is 2.32. The Morgan fingerprint density at radius 2 is 2.07 bits per heavy atom. The molecule has 2 aliphatic rings. The number of halogens is 2. The van der Waals surface area contributed by atoms with Gasteiger partial charge in [-0.2, -0.15) is 5.26 Å². The van der Waals surface area contributed by atoms with E-state index in [0.29, 0.717) is 13.0 Å². The second-order valence-electron chi connectivity index (χ2n) is 7.54. The fourth-order valence-corrected chi connectivity index (χ4v) is 6.39. The lowest BCUT2D eigenvalue weighted by molar-refractivity contribution is -0.134. The second kappa shape index (κ2) is 9.92. The summed E-state index contributed by atoms with van der Waals surface area (Å²) in [5.41, 5.74) is 2.14. The van der Waals surface area contributed by atoms with Gasteiger partial charge in [-0.1, -0.05) is 62.6 Å². The summed E-state index contributed by atoms with van der Waals surface area (Å²) in [6.07, 6.45) is -0.0256. The van der Waals surface area contributed by atoms with Gasteiger partial charge < -0.3 is 20.3 Å². The average Bonchev–Trinajstić information content (AvgIpc) is 3.38. The van der Waals surface area contributed by atoms with Gasteiger partial charge in [0.15, 0.2) is 0 Å². The molecule has 1 aromatic carbocycles. The molecule has 1 fully saturated rings. The monoisotopic (exact) mass is 586 g/mol. The van der Waals surface area contributed by atoms with Gasteiger partial charge in [0.1, 0.15) is 6.04 Å². The molecule has 7 nitrogen and oxygen atoms in total. The van der Waals surface area contributed by atoms with Crippen LogP contribution in [0.3, 0.4) is 0 Å². The summed E-state index contributed by atoms with van der Waals surface area (Å²) in [4.78, 5) is 26.9. The van der Waals surface area contributed by atoms with E-state index >= 15 is 0 Å². The Bertz CT molecular complexity index is 923. The maximum Gasteiger partial charge on any atom is 0.407 e. The van der Waals surface area contributed by atoms with Crippen LogP contribution in [0.1, 0.15) is 25.8 Å². The summed E-state index contributed by atoms with van der Waals surface area (Å²) < 4.78 is 9.03. The van der Waals surface area contributed by atoms with E-state index in [2.05, 4.69) is 41.5 Å². The Kier molecular flexibility index (Phi) is 7.52. The van der Waals surface area contributed by atoms with Crippen molar-refractivity contribution in [2.45, 2.75) is 32.4 Å². The first-order valence-electron chi connectivity index (χ1n) is 9.62. The molecule has 9 heteroatoms. The highest BCUT2D eigenvalue weighted by atomic mass is 127. The first-order valence-corrected chi connectivity index (χ1v) is 12.7. The number of carbonyl (C=O) groups excluding carboxylic acids is 2. The normalized spacial score (nSPS) is 21.7. The van der Waals surface area contributed by atoms with E-state index in [1.807, 2.05) is 38.1 Å². The van der Waals surface area contributed by atoms with Crippen molar-refractivity contribution in [3.05, 3.63) is 38.4 Å². The summed E-state index contributed by atoms with van der Waals surface area (Å²) >= 11 is 3.03.